The monoisotopic (exact) mass is 343 g/mol. The van der Waals surface area contributed by atoms with Gasteiger partial charge in [0.05, 0.1) is 25.0 Å². The third-order valence-electron chi connectivity index (χ3n) is 5.34. The average Bonchev–Trinajstić information content (AvgIpc) is 3.24. The lowest BCUT2D eigenvalue weighted by Gasteiger charge is -2.52. The molecule has 0 bridgehead atoms. The number of amides is 1. The lowest BCUT2D eigenvalue weighted by molar-refractivity contribution is -0.182. The Morgan fingerprint density at radius 1 is 1.36 bits per heavy atom. The first-order chi connectivity index (χ1) is 12.1. The highest BCUT2D eigenvalue weighted by molar-refractivity contribution is 5.92. The van der Waals surface area contributed by atoms with Gasteiger partial charge in [-0.2, -0.15) is 0 Å². The Morgan fingerprint density at radius 3 is 2.88 bits per heavy atom. The molecule has 1 unspecified atom stereocenters. The van der Waals surface area contributed by atoms with Crippen LogP contribution in [0.25, 0.3) is 0 Å². The van der Waals surface area contributed by atoms with Crippen LogP contribution >= 0.6 is 0 Å². The smallest absolute Gasteiger partial charge is 0.267 e. The molecule has 6 nitrogen and oxygen atoms in total. The van der Waals surface area contributed by atoms with Gasteiger partial charge in [0.2, 0.25) is 0 Å². The number of aromatic nitrogens is 1. The van der Waals surface area contributed by atoms with Gasteiger partial charge in [-0.15, -0.1) is 0 Å². The molecule has 2 aromatic rings. The topological polar surface area (TPSA) is 59.6 Å². The third kappa shape index (κ3) is 3.50. The molecular formula is C19H25N3O3. The molecule has 2 saturated heterocycles. The van der Waals surface area contributed by atoms with Crippen LogP contribution < -0.4 is 5.32 Å². The van der Waals surface area contributed by atoms with Crippen LogP contribution in [0.5, 0.6) is 0 Å². The molecule has 2 aliphatic heterocycles. The molecule has 0 aromatic carbocycles. The Balaban J connectivity index is 1.19. The molecule has 0 radical (unpaired) electrons. The summed E-state index contributed by atoms with van der Waals surface area (Å²) in [6.07, 6.45) is 5.76. The number of hydrogen-bond acceptors (Lipinski definition) is 4. The largest absolute Gasteiger partial charge is 0.468 e. The fourth-order valence-corrected chi connectivity index (χ4v) is 3.86. The third-order valence-corrected chi connectivity index (χ3v) is 5.34. The second-order valence-electron chi connectivity index (χ2n) is 7.34. The van der Waals surface area contributed by atoms with Crippen molar-refractivity contribution in [2.75, 3.05) is 26.2 Å². The highest BCUT2D eigenvalue weighted by Gasteiger charge is 2.46. The van der Waals surface area contributed by atoms with E-state index in [-0.39, 0.29) is 11.5 Å². The van der Waals surface area contributed by atoms with Crippen LogP contribution in [-0.2, 0) is 18.3 Å². The number of hydrogen-bond donors (Lipinski definition) is 1. The van der Waals surface area contributed by atoms with Gasteiger partial charge in [0.1, 0.15) is 11.5 Å². The van der Waals surface area contributed by atoms with Gasteiger partial charge in [-0.3, -0.25) is 9.69 Å². The van der Waals surface area contributed by atoms with Gasteiger partial charge >= 0.3 is 0 Å². The highest BCUT2D eigenvalue weighted by atomic mass is 16.5. The minimum atomic E-state index is -0.0129. The molecule has 1 atom stereocenters. The molecule has 25 heavy (non-hydrogen) atoms. The first kappa shape index (κ1) is 16.4. The highest BCUT2D eigenvalue weighted by Crippen LogP contribution is 2.36. The Bertz CT molecular complexity index is 706. The summed E-state index contributed by atoms with van der Waals surface area (Å²) in [5.74, 6) is 1.39. The Labute approximate surface area is 147 Å². The van der Waals surface area contributed by atoms with Gasteiger partial charge in [0, 0.05) is 32.9 Å². The molecule has 134 valence electrons. The van der Waals surface area contributed by atoms with Crippen LogP contribution in [0.15, 0.2) is 41.1 Å². The van der Waals surface area contributed by atoms with Crippen molar-refractivity contribution >= 4 is 5.91 Å². The van der Waals surface area contributed by atoms with Crippen molar-refractivity contribution in [2.45, 2.75) is 25.0 Å². The number of furan rings is 1. The SMILES string of the molecule is Cn1cccc1C(=O)NCC1CCC2(CN(Cc3ccco3)C2)OC1. The number of aryl methyl sites for hydroxylation is 1. The molecule has 2 aliphatic rings. The summed E-state index contributed by atoms with van der Waals surface area (Å²) in [4.78, 5) is 14.5. The fraction of sp³-hybridized carbons (Fsp3) is 0.526. The van der Waals surface area contributed by atoms with Crippen molar-refractivity contribution < 1.29 is 13.9 Å². The Kier molecular flexibility index (Phi) is 4.39. The molecule has 4 rings (SSSR count). The first-order valence-corrected chi connectivity index (χ1v) is 8.92. The van der Waals surface area contributed by atoms with Gasteiger partial charge in [-0.25, -0.2) is 0 Å². The van der Waals surface area contributed by atoms with E-state index >= 15 is 0 Å². The van der Waals surface area contributed by atoms with Crippen molar-refractivity contribution in [1.29, 1.82) is 0 Å². The maximum atomic E-state index is 12.2. The van der Waals surface area contributed by atoms with Gasteiger partial charge in [0.15, 0.2) is 0 Å². The predicted octanol–water partition coefficient (Wildman–Crippen LogP) is 2.03. The number of carbonyl (C=O) groups is 1. The van der Waals surface area contributed by atoms with E-state index in [9.17, 15) is 4.79 Å². The number of ether oxygens (including phenoxy) is 1. The predicted molar refractivity (Wildman–Crippen MR) is 93.1 cm³/mol. The van der Waals surface area contributed by atoms with E-state index in [1.54, 1.807) is 6.26 Å². The minimum Gasteiger partial charge on any atom is -0.468 e. The van der Waals surface area contributed by atoms with E-state index in [1.807, 2.05) is 42.1 Å². The zero-order chi connectivity index (χ0) is 17.3. The van der Waals surface area contributed by atoms with E-state index in [0.717, 1.165) is 44.8 Å². The van der Waals surface area contributed by atoms with Crippen LogP contribution in [0.2, 0.25) is 0 Å². The molecule has 1 spiro atoms. The summed E-state index contributed by atoms with van der Waals surface area (Å²) in [5.41, 5.74) is 0.714. The summed E-state index contributed by atoms with van der Waals surface area (Å²) in [6.45, 7) is 4.19. The van der Waals surface area contributed by atoms with Crippen LogP contribution in [0.4, 0.5) is 0 Å². The lowest BCUT2D eigenvalue weighted by Crippen LogP contribution is -2.64. The van der Waals surface area contributed by atoms with E-state index in [0.29, 0.717) is 18.2 Å². The van der Waals surface area contributed by atoms with Gasteiger partial charge in [-0.1, -0.05) is 0 Å². The van der Waals surface area contributed by atoms with Crippen molar-refractivity contribution in [2.24, 2.45) is 13.0 Å². The maximum Gasteiger partial charge on any atom is 0.267 e. The molecule has 6 heteroatoms. The number of likely N-dealkylation sites (tertiary alicyclic amines) is 1. The molecule has 1 N–H and O–H groups in total. The van der Waals surface area contributed by atoms with Crippen molar-refractivity contribution in [1.82, 2.24) is 14.8 Å². The van der Waals surface area contributed by atoms with Crippen LogP contribution in [0.3, 0.4) is 0 Å². The second-order valence-corrected chi connectivity index (χ2v) is 7.34. The number of carbonyl (C=O) groups excluding carboxylic acids is 1. The first-order valence-electron chi connectivity index (χ1n) is 8.92. The van der Waals surface area contributed by atoms with Crippen molar-refractivity contribution in [3.05, 3.63) is 48.2 Å². The molecule has 2 aromatic heterocycles. The van der Waals surface area contributed by atoms with Crippen LogP contribution in [0, 0.1) is 5.92 Å². The number of nitrogens with one attached hydrogen (secondary N) is 1. The van der Waals surface area contributed by atoms with Gasteiger partial charge < -0.3 is 19.0 Å². The van der Waals surface area contributed by atoms with Gasteiger partial charge in [-0.05, 0) is 43.0 Å². The normalized spacial score (nSPS) is 22.7. The van der Waals surface area contributed by atoms with Crippen molar-refractivity contribution in [3.63, 3.8) is 0 Å². The number of nitrogens with zero attached hydrogens (tertiary/aromatic N) is 2. The zero-order valence-electron chi connectivity index (χ0n) is 14.6. The molecule has 0 aliphatic carbocycles. The summed E-state index contributed by atoms with van der Waals surface area (Å²) in [5, 5.41) is 3.03. The lowest BCUT2D eigenvalue weighted by atomic mass is 9.83. The second kappa shape index (κ2) is 6.69. The van der Waals surface area contributed by atoms with Gasteiger partial charge in [0.25, 0.3) is 5.91 Å². The molecule has 1 amide bonds. The van der Waals surface area contributed by atoms with Crippen LogP contribution in [-0.4, -0.2) is 47.2 Å². The zero-order valence-corrected chi connectivity index (χ0v) is 14.6. The van der Waals surface area contributed by atoms with E-state index < -0.39 is 0 Å². The van der Waals surface area contributed by atoms with E-state index in [1.165, 1.54) is 0 Å². The molecule has 2 fully saturated rings. The summed E-state index contributed by atoms with van der Waals surface area (Å²) in [7, 11) is 1.88. The maximum absolute atomic E-state index is 12.2. The quantitative estimate of drug-likeness (QED) is 0.902. The molecule has 4 heterocycles. The van der Waals surface area contributed by atoms with Crippen LogP contribution in [0.1, 0.15) is 29.1 Å². The Morgan fingerprint density at radius 2 is 2.24 bits per heavy atom. The standard InChI is InChI=1S/C19H25N3O3/c1-21-8-2-5-17(21)18(23)20-10-15-6-7-19(25-12-15)13-22(14-19)11-16-4-3-9-24-16/h2-5,8-9,15H,6-7,10-14H2,1H3,(H,20,23). The van der Waals surface area contributed by atoms with Crippen molar-refractivity contribution in [3.8, 4) is 0 Å². The van der Waals surface area contributed by atoms with E-state index in [2.05, 4.69) is 10.2 Å². The molecule has 0 saturated carbocycles. The number of rotatable bonds is 5. The summed E-state index contributed by atoms with van der Waals surface area (Å²) >= 11 is 0. The average molecular weight is 343 g/mol. The minimum absolute atomic E-state index is 0.0129. The summed E-state index contributed by atoms with van der Waals surface area (Å²) in [6, 6.07) is 7.66. The molecular weight excluding hydrogens is 318 g/mol. The fourth-order valence-electron chi connectivity index (χ4n) is 3.86. The van der Waals surface area contributed by atoms with E-state index in [4.69, 9.17) is 9.15 Å². The Hall–Kier alpha value is -2.05. The summed E-state index contributed by atoms with van der Waals surface area (Å²) < 4.78 is 13.4.